The van der Waals surface area contributed by atoms with Gasteiger partial charge in [0.15, 0.2) is 0 Å². The summed E-state index contributed by atoms with van der Waals surface area (Å²) in [7, 11) is 1.93. The summed E-state index contributed by atoms with van der Waals surface area (Å²) < 4.78 is 0. The van der Waals surface area contributed by atoms with Crippen LogP contribution in [0, 0.1) is 0 Å². The Hall–Kier alpha value is -0.220. The predicted molar refractivity (Wildman–Crippen MR) is 79.9 cm³/mol. The van der Waals surface area contributed by atoms with E-state index in [-0.39, 0.29) is 11.4 Å². The first-order valence-electron chi connectivity index (χ1n) is 7.06. The number of hydrogen-bond acceptors (Lipinski definition) is 3. The average Bonchev–Trinajstić information content (AvgIpc) is 2.35. The third-order valence-corrected chi connectivity index (χ3v) is 4.84. The smallest absolute Gasteiger partial charge is 0.224 e. The van der Waals surface area contributed by atoms with Crippen molar-refractivity contribution in [3.8, 4) is 0 Å². The monoisotopic (exact) mass is 272 g/mol. The van der Waals surface area contributed by atoms with Gasteiger partial charge in [-0.15, -0.1) is 0 Å². The van der Waals surface area contributed by atoms with Crippen molar-refractivity contribution < 1.29 is 4.79 Å². The Kier molecular flexibility index (Phi) is 6.50. The van der Waals surface area contributed by atoms with E-state index in [2.05, 4.69) is 13.2 Å². The van der Waals surface area contributed by atoms with Crippen LogP contribution in [-0.4, -0.2) is 41.4 Å². The first-order valence-corrected chi connectivity index (χ1v) is 8.45. The molecule has 0 aliphatic heterocycles. The summed E-state index contributed by atoms with van der Waals surface area (Å²) in [5.41, 5.74) is 6.13. The van der Waals surface area contributed by atoms with Gasteiger partial charge in [-0.25, -0.2) is 0 Å². The second-order valence-electron chi connectivity index (χ2n) is 5.62. The molecule has 18 heavy (non-hydrogen) atoms. The van der Waals surface area contributed by atoms with Gasteiger partial charge in [-0.05, 0) is 25.5 Å². The number of carbonyl (C=O) groups excluding carboxylic acids is 1. The van der Waals surface area contributed by atoms with E-state index < -0.39 is 0 Å². The van der Waals surface area contributed by atoms with Gasteiger partial charge in [-0.3, -0.25) is 4.79 Å². The molecule has 0 saturated heterocycles. The van der Waals surface area contributed by atoms with Crippen LogP contribution in [0.25, 0.3) is 0 Å². The Morgan fingerprint density at radius 1 is 1.39 bits per heavy atom. The number of hydrogen-bond donors (Lipinski definition) is 1. The van der Waals surface area contributed by atoms with Gasteiger partial charge in [0.25, 0.3) is 0 Å². The molecular formula is C14H28N2OS. The SMILES string of the molecule is CCC(CSC)N(C)C(=O)CC1(N)CCCCC1. The number of amides is 1. The number of rotatable bonds is 6. The van der Waals surface area contributed by atoms with Crippen LogP contribution in [0.2, 0.25) is 0 Å². The molecule has 4 heteroatoms. The van der Waals surface area contributed by atoms with Crippen molar-refractivity contribution in [1.29, 1.82) is 0 Å². The van der Waals surface area contributed by atoms with Crippen molar-refractivity contribution in [3.63, 3.8) is 0 Å². The average molecular weight is 272 g/mol. The molecule has 2 N–H and O–H groups in total. The Labute approximate surface area is 116 Å². The molecule has 1 aliphatic rings. The first kappa shape index (κ1) is 15.8. The fourth-order valence-corrected chi connectivity index (χ4v) is 3.60. The molecule has 0 radical (unpaired) electrons. The highest BCUT2D eigenvalue weighted by Gasteiger charge is 2.32. The second-order valence-corrected chi connectivity index (χ2v) is 6.53. The van der Waals surface area contributed by atoms with E-state index in [0.717, 1.165) is 25.0 Å². The topological polar surface area (TPSA) is 46.3 Å². The minimum absolute atomic E-state index is 0.223. The summed E-state index contributed by atoms with van der Waals surface area (Å²) in [6.45, 7) is 2.14. The van der Waals surface area contributed by atoms with Crippen LogP contribution in [0.15, 0.2) is 0 Å². The lowest BCUT2D eigenvalue weighted by atomic mass is 9.80. The van der Waals surface area contributed by atoms with Crippen LogP contribution in [0.1, 0.15) is 51.9 Å². The summed E-state index contributed by atoms with van der Waals surface area (Å²) in [4.78, 5) is 14.2. The highest BCUT2D eigenvalue weighted by molar-refractivity contribution is 7.98. The molecule has 1 fully saturated rings. The van der Waals surface area contributed by atoms with Crippen molar-refractivity contribution in [2.75, 3.05) is 19.1 Å². The fraction of sp³-hybridized carbons (Fsp3) is 0.929. The van der Waals surface area contributed by atoms with Crippen LogP contribution in [-0.2, 0) is 4.79 Å². The molecule has 1 rings (SSSR count). The van der Waals surface area contributed by atoms with Gasteiger partial charge < -0.3 is 10.6 Å². The maximum Gasteiger partial charge on any atom is 0.224 e. The first-order chi connectivity index (χ1) is 8.52. The Bertz CT molecular complexity index is 265. The van der Waals surface area contributed by atoms with Gasteiger partial charge in [-0.1, -0.05) is 26.2 Å². The second kappa shape index (κ2) is 7.39. The molecular weight excluding hydrogens is 244 g/mol. The molecule has 106 valence electrons. The third-order valence-electron chi connectivity index (χ3n) is 4.12. The molecule has 0 aromatic carbocycles. The Morgan fingerprint density at radius 2 is 2.00 bits per heavy atom. The summed E-state index contributed by atoms with van der Waals surface area (Å²) in [5.74, 6) is 1.23. The van der Waals surface area contributed by atoms with Crippen LogP contribution in [0.4, 0.5) is 0 Å². The lowest BCUT2D eigenvalue weighted by Gasteiger charge is -2.35. The van der Waals surface area contributed by atoms with Gasteiger partial charge in [0.2, 0.25) is 5.91 Å². The number of thioether (sulfide) groups is 1. The van der Waals surface area contributed by atoms with Crippen LogP contribution >= 0.6 is 11.8 Å². The highest BCUT2D eigenvalue weighted by Crippen LogP contribution is 2.29. The van der Waals surface area contributed by atoms with Crippen molar-refractivity contribution in [3.05, 3.63) is 0 Å². The van der Waals surface area contributed by atoms with E-state index in [1.807, 2.05) is 11.9 Å². The Balaban J connectivity index is 2.52. The maximum atomic E-state index is 12.3. The lowest BCUT2D eigenvalue weighted by molar-refractivity contribution is -0.133. The number of carbonyl (C=O) groups is 1. The van der Waals surface area contributed by atoms with Crippen LogP contribution < -0.4 is 5.73 Å². The zero-order valence-corrected chi connectivity index (χ0v) is 12.9. The third kappa shape index (κ3) is 4.47. The minimum Gasteiger partial charge on any atom is -0.342 e. The van der Waals surface area contributed by atoms with Crippen LogP contribution in [0.3, 0.4) is 0 Å². The lowest BCUT2D eigenvalue weighted by Crippen LogP contribution is -2.48. The molecule has 1 amide bonds. The van der Waals surface area contributed by atoms with Gasteiger partial charge in [-0.2, -0.15) is 11.8 Å². The van der Waals surface area contributed by atoms with Gasteiger partial charge in [0.1, 0.15) is 0 Å². The molecule has 1 unspecified atom stereocenters. The molecule has 0 aromatic heterocycles. The Morgan fingerprint density at radius 3 is 2.50 bits per heavy atom. The molecule has 0 aromatic rings. The quantitative estimate of drug-likeness (QED) is 0.808. The van der Waals surface area contributed by atoms with Crippen LogP contribution in [0.5, 0.6) is 0 Å². The summed E-state index contributed by atoms with van der Waals surface area (Å²) in [6.07, 6.45) is 9.26. The fourth-order valence-electron chi connectivity index (χ4n) is 2.76. The standard InChI is InChI=1S/C14H28N2OS/c1-4-12(11-18-3)16(2)13(17)10-14(15)8-6-5-7-9-14/h12H,4-11,15H2,1-3H3. The molecule has 1 aliphatic carbocycles. The van der Waals surface area contributed by atoms with E-state index in [1.54, 1.807) is 11.8 Å². The molecule has 0 heterocycles. The van der Waals surface area contributed by atoms with Crippen molar-refractivity contribution in [2.24, 2.45) is 5.73 Å². The van der Waals surface area contributed by atoms with E-state index in [4.69, 9.17) is 5.73 Å². The van der Waals surface area contributed by atoms with Crippen molar-refractivity contribution >= 4 is 17.7 Å². The molecule has 1 saturated carbocycles. The van der Waals surface area contributed by atoms with Gasteiger partial charge >= 0.3 is 0 Å². The largest absolute Gasteiger partial charge is 0.342 e. The normalized spacial score (nSPS) is 20.4. The summed E-state index contributed by atoms with van der Waals surface area (Å²) in [6, 6.07) is 0.347. The minimum atomic E-state index is -0.235. The summed E-state index contributed by atoms with van der Waals surface area (Å²) in [5, 5.41) is 0. The van der Waals surface area contributed by atoms with E-state index >= 15 is 0 Å². The van der Waals surface area contributed by atoms with Gasteiger partial charge in [0.05, 0.1) is 0 Å². The van der Waals surface area contributed by atoms with E-state index in [0.29, 0.717) is 12.5 Å². The maximum absolute atomic E-state index is 12.3. The van der Waals surface area contributed by atoms with E-state index in [1.165, 1.54) is 19.3 Å². The van der Waals surface area contributed by atoms with Crippen molar-refractivity contribution in [2.45, 2.75) is 63.5 Å². The molecule has 0 bridgehead atoms. The highest BCUT2D eigenvalue weighted by atomic mass is 32.2. The molecule has 0 spiro atoms. The number of nitrogens with zero attached hydrogens (tertiary/aromatic N) is 1. The predicted octanol–water partition coefficient (Wildman–Crippen LogP) is 2.64. The van der Waals surface area contributed by atoms with Crippen molar-refractivity contribution in [1.82, 2.24) is 4.90 Å². The molecule has 1 atom stereocenters. The zero-order chi connectivity index (χ0) is 13.6. The summed E-state index contributed by atoms with van der Waals surface area (Å²) >= 11 is 1.80. The zero-order valence-electron chi connectivity index (χ0n) is 12.1. The number of nitrogens with two attached hydrogens (primary N) is 1. The molecule has 3 nitrogen and oxygen atoms in total. The van der Waals surface area contributed by atoms with Gasteiger partial charge in [0, 0.05) is 30.8 Å². The van der Waals surface area contributed by atoms with E-state index in [9.17, 15) is 4.79 Å².